The van der Waals surface area contributed by atoms with Crippen LogP contribution in [0.25, 0.3) is 0 Å². The van der Waals surface area contributed by atoms with Gasteiger partial charge in [-0.25, -0.2) is 4.39 Å². The summed E-state index contributed by atoms with van der Waals surface area (Å²) in [5, 5.41) is 3.69. The third kappa shape index (κ3) is 4.53. The van der Waals surface area contributed by atoms with Gasteiger partial charge in [-0.15, -0.1) is 0 Å². The Kier molecular flexibility index (Phi) is 6.22. The summed E-state index contributed by atoms with van der Waals surface area (Å²) in [6.07, 6.45) is 1.49. The fourth-order valence-electron chi connectivity index (χ4n) is 2.50. The molecule has 0 aliphatic heterocycles. The lowest BCUT2D eigenvalue weighted by atomic mass is 9.92. The maximum atomic E-state index is 14.0. The van der Waals surface area contributed by atoms with Crippen molar-refractivity contribution < 1.29 is 4.39 Å². The molecule has 4 heteroatoms. The molecule has 1 nitrogen and oxygen atoms in total. The minimum Gasteiger partial charge on any atom is -0.319 e. The van der Waals surface area contributed by atoms with Gasteiger partial charge in [0, 0.05) is 15.1 Å². The fourth-order valence-corrected chi connectivity index (χ4v) is 3.18. The van der Waals surface area contributed by atoms with Crippen LogP contribution in [-0.4, -0.2) is 13.6 Å². The Labute approximate surface area is 138 Å². The van der Waals surface area contributed by atoms with Crippen LogP contribution in [0.15, 0.2) is 46.9 Å². The molecule has 2 aromatic carbocycles. The Morgan fingerprint density at radius 3 is 2.57 bits per heavy atom. The number of benzene rings is 2. The first-order chi connectivity index (χ1) is 10.1. The molecule has 2 aromatic rings. The zero-order valence-corrected chi connectivity index (χ0v) is 14.2. The molecule has 0 amide bonds. The van der Waals surface area contributed by atoms with Crippen molar-refractivity contribution in [1.29, 1.82) is 0 Å². The van der Waals surface area contributed by atoms with Crippen LogP contribution in [0.4, 0.5) is 4.39 Å². The van der Waals surface area contributed by atoms with E-state index in [1.54, 1.807) is 12.1 Å². The van der Waals surface area contributed by atoms with Gasteiger partial charge in [-0.1, -0.05) is 51.8 Å². The molecule has 0 aliphatic carbocycles. The van der Waals surface area contributed by atoms with Crippen molar-refractivity contribution in [1.82, 2.24) is 5.32 Å². The Hall–Kier alpha value is -0.900. The van der Waals surface area contributed by atoms with Crippen molar-refractivity contribution in [3.05, 3.63) is 68.9 Å². The van der Waals surface area contributed by atoms with E-state index in [9.17, 15) is 4.39 Å². The quantitative estimate of drug-likeness (QED) is 0.765. The van der Waals surface area contributed by atoms with E-state index in [2.05, 4.69) is 27.3 Å². The zero-order chi connectivity index (χ0) is 15.2. The van der Waals surface area contributed by atoms with Gasteiger partial charge in [-0.3, -0.25) is 0 Å². The highest BCUT2D eigenvalue weighted by atomic mass is 79.9. The summed E-state index contributed by atoms with van der Waals surface area (Å²) in [5.74, 6) is 0.0545. The first kappa shape index (κ1) is 16.5. The monoisotopic (exact) mass is 369 g/mol. The molecule has 1 unspecified atom stereocenters. The Morgan fingerprint density at radius 1 is 1.14 bits per heavy atom. The van der Waals surface area contributed by atoms with E-state index in [1.807, 2.05) is 25.2 Å². The summed E-state index contributed by atoms with van der Waals surface area (Å²) in [7, 11) is 1.91. The standard InChI is InChI=1S/C17H18BrClFN/c1-21-11-12(9-13-5-2-3-6-15(13)18)10-14-16(19)7-4-8-17(14)20/h2-8,12,21H,9-11H2,1H3. The molecule has 2 rings (SSSR count). The predicted octanol–water partition coefficient (Wildman–Crippen LogP) is 4.86. The van der Waals surface area contributed by atoms with Crippen LogP contribution < -0.4 is 5.32 Å². The first-order valence-corrected chi connectivity index (χ1v) is 8.09. The molecule has 0 aliphatic rings. The van der Waals surface area contributed by atoms with Gasteiger partial charge >= 0.3 is 0 Å². The third-order valence-corrected chi connectivity index (χ3v) is 4.64. The van der Waals surface area contributed by atoms with Gasteiger partial charge in [0.25, 0.3) is 0 Å². The summed E-state index contributed by atoms with van der Waals surface area (Å²) >= 11 is 9.71. The van der Waals surface area contributed by atoms with Crippen LogP contribution in [0, 0.1) is 11.7 Å². The van der Waals surface area contributed by atoms with Crippen molar-refractivity contribution >= 4 is 27.5 Å². The van der Waals surface area contributed by atoms with E-state index in [-0.39, 0.29) is 11.7 Å². The van der Waals surface area contributed by atoms with Gasteiger partial charge in [0.2, 0.25) is 0 Å². The zero-order valence-electron chi connectivity index (χ0n) is 11.9. The molecule has 1 atom stereocenters. The molecule has 0 spiro atoms. The second kappa shape index (κ2) is 7.92. The molecule has 1 N–H and O–H groups in total. The van der Waals surface area contributed by atoms with E-state index >= 15 is 0 Å². The molecule has 112 valence electrons. The molecule has 21 heavy (non-hydrogen) atoms. The first-order valence-electron chi connectivity index (χ1n) is 6.92. The normalized spacial score (nSPS) is 12.4. The van der Waals surface area contributed by atoms with Gasteiger partial charge in [-0.05, 0) is 56.1 Å². The number of nitrogens with one attached hydrogen (secondary N) is 1. The van der Waals surface area contributed by atoms with Crippen LogP contribution in [0.3, 0.4) is 0 Å². The van der Waals surface area contributed by atoms with E-state index < -0.39 is 0 Å². The Balaban J connectivity index is 2.18. The van der Waals surface area contributed by atoms with Crippen molar-refractivity contribution in [2.24, 2.45) is 5.92 Å². The second-order valence-corrected chi connectivity index (χ2v) is 6.39. The number of hydrogen-bond donors (Lipinski definition) is 1. The number of hydrogen-bond acceptors (Lipinski definition) is 1. The SMILES string of the molecule is CNCC(Cc1ccccc1Br)Cc1c(F)cccc1Cl. The van der Waals surface area contributed by atoms with Crippen molar-refractivity contribution in [2.45, 2.75) is 12.8 Å². The minimum absolute atomic E-state index is 0.226. The Bertz CT molecular complexity index is 583. The van der Waals surface area contributed by atoms with Crippen LogP contribution >= 0.6 is 27.5 Å². The molecular weight excluding hydrogens is 353 g/mol. The lowest BCUT2D eigenvalue weighted by molar-refractivity contribution is 0.479. The van der Waals surface area contributed by atoms with Gasteiger partial charge < -0.3 is 5.32 Å². The molecule has 0 fully saturated rings. The lowest BCUT2D eigenvalue weighted by Gasteiger charge is -2.18. The average Bonchev–Trinajstić information content (AvgIpc) is 2.45. The predicted molar refractivity (Wildman–Crippen MR) is 90.4 cm³/mol. The van der Waals surface area contributed by atoms with Gasteiger partial charge in [0.05, 0.1) is 0 Å². The number of halogens is 3. The lowest BCUT2D eigenvalue weighted by Crippen LogP contribution is -2.23. The van der Waals surface area contributed by atoms with E-state index in [0.29, 0.717) is 17.0 Å². The molecular formula is C17H18BrClFN. The summed E-state index contributed by atoms with van der Waals surface area (Å²) in [5.41, 5.74) is 1.83. The maximum absolute atomic E-state index is 14.0. The molecule has 0 saturated heterocycles. The number of rotatable bonds is 6. The van der Waals surface area contributed by atoms with Crippen molar-refractivity contribution in [2.75, 3.05) is 13.6 Å². The maximum Gasteiger partial charge on any atom is 0.127 e. The highest BCUT2D eigenvalue weighted by Crippen LogP contribution is 2.25. The highest BCUT2D eigenvalue weighted by molar-refractivity contribution is 9.10. The van der Waals surface area contributed by atoms with Crippen molar-refractivity contribution in [3.8, 4) is 0 Å². The smallest absolute Gasteiger partial charge is 0.127 e. The molecule has 0 saturated carbocycles. The van der Waals surface area contributed by atoms with Gasteiger partial charge in [0.1, 0.15) is 5.82 Å². The summed E-state index contributed by atoms with van der Waals surface area (Å²) in [6, 6.07) is 13.0. The van der Waals surface area contributed by atoms with Gasteiger partial charge in [0.15, 0.2) is 0 Å². The molecule has 0 bridgehead atoms. The third-order valence-electron chi connectivity index (χ3n) is 3.51. The van der Waals surface area contributed by atoms with Gasteiger partial charge in [-0.2, -0.15) is 0 Å². The minimum atomic E-state index is -0.226. The van der Waals surface area contributed by atoms with Crippen LogP contribution in [0.2, 0.25) is 5.02 Å². The summed E-state index contributed by atoms with van der Waals surface area (Å²) < 4.78 is 15.0. The van der Waals surface area contributed by atoms with Crippen molar-refractivity contribution in [3.63, 3.8) is 0 Å². The highest BCUT2D eigenvalue weighted by Gasteiger charge is 2.16. The Morgan fingerprint density at radius 2 is 1.90 bits per heavy atom. The molecule has 0 radical (unpaired) electrons. The fraction of sp³-hybridized carbons (Fsp3) is 0.294. The average molecular weight is 371 g/mol. The molecule has 0 heterocycles. The van der Waals surface area contributed by atoms with Crippen LogP contribution in [0.1, 0.15) is 11.1 Å². The van der Waals surface area contributed by atoms with E-state index in [1.165, 1.54) is 11.6 Å². The van der Waals surface area contributed by atoms with E-state index in [4.69, 9.17) is 11.6 Å². The van der Waals surface area contributed by atoms with Crippen LogP contribution in [-0.2, 0) is 12.8 Å². The largest absolute Gasteiger partial charge is 0.319 e. The topological polar surface area (TPSA) is 12.0 Å². The second-order valence-electron chi connectivity index (χ2n) is 5.12. The summed E-state index contributed by atoms with van der Waals surface area (Å²) in [6.45, 7) is 0.812. The summed E-state index contributed by atoms with van der Waals surface area (Å²) in [4.78, 5) is 0. The van der Waals surface area contributed by atoms with Crippen LogP contribution in [0.5, 0.6) is 0 Å². The van der Waals surface area contributed by atoms with E-state index in [0.717, 1.165) is 17.4 Å². The molecule has 0 aromatic heterocycles.